The molecule has 0 saturated heterocycles. The van der Waals surface area contributed by atoms with Crippen LogP contribution in [0.3, 0.4) is 0 Å². The third-order valence-electron chi connectivity index (χ3n) is 2.06. The summed E-state index contributed by atoms with van der Waals surface area (Å²) in [4.78, 5) is 0. The van der Waals surface area contributed by atoms with Crippen molar-refractivity contribution in [3.8, 4) is 5.75 Å². The maximum absolute atomic E-state index is 5.96. The summed E-state index contributed by atoms with van der Waals surface area (Å²) in [5, 5.41) is 1.13. The van der Waals surface area contributed by atoms with Crippen LogP contribution in [-0.2, 0) is 0 Å². The molecule has 15 heavy (non-hydrogen) atoms. The standard InChI is InChI=1S/C11H15Cl2NO/c1-11(2,6-14)7-15-10-4-3-8(12)5-9(10)13/h3-5H,6-7,14H2,1-2H3. The molecule has 0 atom stereocenters. The van der Waals surface area contributed by atoms with Crippen LogP contribution in [0.2, 0.25) is 10.0 Å². The minimum Gasteiger partial charge on any atom is -0.491 e. The molecule has 84 valence electrons. The van der Waals surface area contributed by atoms with Crippen molar-refractivity contribution in [2.45, 2.75) is 13.8 Å². The van der Waals surface area contributed by atoms with Crippen molar-refractivity contribution < 1.29 is 4.74 Å². The van der Waals surface area contributed by atoms with Gasteiger partial charge in [0.1, 0.15) is 5.75 Å². The predicted molar refractivity (Wildman–Crippen MR) is 64.8 cm³/mol. The van der Waals surface area contributed by atoms with Gasteiger partial charge < -0.3 is 10.5 Å². The molecule has 0 radical (unpaired) electrons. The van der Waals surface area contributed by atoms with E-state index in [2.05, 4.69) is 0 Å². The minimum atomic E-state index is -0.0526. The Morgan fingerprint density at radius 2 is 2.00 bits per heavy atom. The third-order valence-corrected chi connectivity index (χ3v) is 2.60. The van der Waals surface area contributed by atoms with Gasteiger partial charge in [0.15, 0.2) is 0 Å². The number of nitrogens with two attached hydrogens (primary N) is 1. The Labute approximate surface area is 100 Å². The first-order chi connectivity index (χ1) is 6.94. The van der Waals surface area contributed by atoms with Crippen molar-refractivity contribution >= 4 is 23.2 Å². The van der Waals surface area contributed by atoms with E-state index in [0.29, 0.717) is 28.9 Å². The van der Waals surface area contributed by atoms with Gasteiger partial charge in [0.25, 0.3) is 0 Å². The van der Waals surface area contributed by atoms with Gasteiger partial charge in [-0.3, -0.25) is 0 Å². The summed E-state index contributed by atoms with van der Waals surface area (Å²) in [6.45, 7) is 5.18. The van der Waals surface area contributed by atoms with Gasteiger partial charge in [-0.25, -0.2) is 0 Å². The number of halogens is 2. The van der Waals surface area contributed by atoms with E-state index in [-0.39, 0.29) is 5.41 Å². The average Bonchev–Trinajstić information content (AvgIpc) is 2.16. The molecule has 0 aliphatic heterocycles. The lowest BCUT2D eigenvalue weighted by Crippen LogP contribution is -2.30. The first kappa shape index (κ1) is 12.6. The molecule has 0 unspecified atom stereocenters. The minimum absolute atomic E-state index is 0.0526. The monoisotopic (exact) mass is 247 g/mol. The van der Waals surface area contributed by atoms with Crippen LogP contribution in [0.4, 0.5) is 0 Å². The fraction of sp³-hybridized carbons (Fsp3) is 0.455. The molecule has 2 nitrogen and oxygen atoms in total. The Morgan fingerprint density at radius 1 is 1.33 bits per heavy atom. The molecular weight excluding hydrogens is 233 g/mol. The lowest BCUT2D eigenvalue weighted by molar-refractivity contribution is 0.187. The van der Waals surface area contributed by atoms with Gasteiger partial charge in [0.05, 0.1) is 11.6 Å². The molecule has 0 aromatic heterocycles. The highest BCUT2D eigenvalue weighted by Crippen LogP contribution is 2.28. The van der Waals surface area contributed by atoms with E-state index in [9.17, 15) is 0 Å². The second-order valence-corrected chi connectivity index (χ2v) is 5.08. The Kier molecular flexibility index (Phi) is 4.26. The van der Waals surface area contributed by atoms with Crippen LogP contribution in [0.25, 0.3) is 0 Å². The smallest absolute Gasteiger partial charge is 0.138 e. The van der Waals surface area contributed by atoms with Crippen LogP contribution in [0, 0.1) is 5.41 Å². The molecule has 0 bridgehead atoms. The molecule has 0 heterocycles. The highest BCUT2D eigenvalue weighted by atomic mass is 35.5. The van der Waals surface area contributed by atoms with Crippen LogP contribution in [0.15, 0.2) is 18.2 Å². The van der Waals surface area contributed by atoms with Gasteiger partial charge in [0.2, 0.25) is 0 Å². The lowest BCUT2D eigenvalue weighted by atomic mass is 9.95. The number of ether oxygens (including phenoxy) is 1. The number of benzene rings is 1. The van der Waals surface area contributed by atoms with E-state index in [1.807, 2.05) is 13.8 Å². The molecule has 0 spiro atoms. The Morgan fingerprint density at radius 3 is 2.53 bits per heavy atom. The number of hydrogen-bond acceptors (Lipinski definition) is 2. The molecule has 0 amide bonds. The highest BCUT2D eigenvalue weighted by Gasteiger charge is 2.17. The summed E-state index contributed by atoms with van der Waals surface area (Å²) < 4.78 is 5.58. The zero-order valence-corrected chi connectivity index (χ0v) is 10.4. The second-order valence-electron chi connectivity index (χ2n) is 4.23. The van der Waals surface area contributed by atoms with Crippen LogP contribution < -0.4 is 10.5 Å². The molecule has 1 rings (SSSR count). The zero-order chi connectivity index (χ0) is 11.5. The summed E-state index contributed by atoms with van der Waals surface area (Å²) in [5.41, 5.74) is 5.55. The van der Waals surface area contributed by atoms with Crippen molar-refractivity contribution in [1.82, 2.24) is 0 Å². The van der Waals surface area contributed by atoms with E-state index in [4.69, 9.17) is 33.7 Å². The van der Waals surface area contributed by atoms with Crippen molar-refractivity contribution in [3.05, 3.63) is 28.2 Å². The van der Waals surface area contributed by atoms with Crippen LogP contribution in [0.1, 0.15) is 13.8 Å². The average molecular weight is 248 g/mol. The van der Waals surface area contributed by atoms with Gasteiger partial charge >= 0.3 is 0 Å². The lowest BCUT2D eigenvalue weighted by Gasteiger charge is -2.22. The SMILES string of the molecule is CC(C)(CN)COc1ccc(Cl)cc1Cl. The molecule has 0 fully saturated rings. The topological polar surface area (TPSA) is 35.2 Å². The van der Waals surface area contributed by atoms with Gasteiger partial charge in [0, 0.05) is 17.0 Å². The highest BCUT2D eigenvalue weighted by molar-refractivity contribution is 6.35. The summed E-state index contributed by atoms with van der Waals surface area (Å²) in [6.07, 6.45) is 0. The molecule has 2 N–H and O–H groups in total. The van der Waals surface area contributed by atoms with Crippen LogP contribution in [-0.4, -0.2) is 13.2 Å². The van der Waals surface area contributed by atoms with E-state index < -0.39 is 0 Å². The normalized spacial score (nSPS) is 11.5. The second kappa shape index (κ2) is 5.06. The van der Waals surface area contributed by atoms with E-state index in [1.165, 1.54) is 0 Å². The summed E-state index contributed by atoms with van der Waals surface area (Å²) in [6, 6.07) is 5.17. The first-order valence-corrected chi connectivity index (χ1v) is 5.48. The Bertz CT molecular complexity index is 339. The van der Waals surface area contributed by atoms with E-state index in [1.54, 1.807) is 18.2 Å². The fourth-order valence-electron chi connectivity index (χ4n) is 0.924. The Balaban J connectivity index is 2.66. The summed E-state index contributed by atoms with van der Waals surface area (Å²) in [7, 11) is 0. The quantitative estimate of drug-likeness (QED) is 0.886. The van der Waals surface area contributed by atoms with Gasteiger partial charge in [-0.1, -0.05) is 37.0 Å². The number of rotatable bonds is 4. The maximum atomic E-state index is 5.96. The first-order valence-electron chi connectivity index (χ1n) is 4.72. The van der Waals surface area contributed by atoms with Crippen molar-refractivity contribution in [2.75, 3.05) is 13.2 Å². The molecule has 0 aliphatic carbocycles. The zero-order valence-electron chi connectivity index (χ0n) is 8.89. The van der Waals surface area contributed by atoms with Gasteiger partial charge in [-0.2, -0.15) is 0 Å². The molecule has 0 saturated carbocycles. The van der Waals surface area contributed by atoms with Crippen LogP contribution >= 0.6 is 23.2 Å². The predicted octanol–water partition coefficient (Wildman–Crippen LogP) is 3.36. The molecule has 1 aromatic carbocycles. The maximum Gasteiger partial charge on any atom is 0.138 e. The third kappa shape index (κ3) is 3.90. The van der Waals surface area contributed by atoms with Crippen molar-refractivity contribution in [3.63, 3.8) is 0 Å². The molecule has 0 aliphatic rings. The Hall–Kier alpha value is -0.440. The van der Waals surface area contributed by atoms with Gasteiger partial charge in [-0.05, 0) is 18.2 Å². The van der Waals surface area contributed by atoms with Crippen molar-refractivity contribution in [1.29, 1.82) is 0 Å². The summed E-state index contributed by atoms with van der Waals surface area (Å²) in [5.74, 6) is 0.641. The van der Waals surface area contributed by atoms with Gasteiger partial charge in [-0.15, -0.1) is 0 Å². The molecule has 1 aromatic rings. The number of hydrogen-bond donors (Lipinski definition) is 1. The fourth-order valence-corrected chi connectivity index (χ4v) is 1.39. The van der Waals surface area contributed by atoms with Crippen molar-refractivity contribution in [2.24, 2.45) is 11.1 Å². The molecule has 4 heteroatoms. The van der Waals surface area contributed by atoms with Crippen LogP contribution in [0.5, 0.6) is 5.75 Å². The summed E-state index contributed by atoms with van der Waals surface area (Å²) >= 11 is 11.7. The van der Waals surface area contributed by atoms with E-state index >= 15 is 0 Å². The molecular formula is C11H15Cl2NO. The van der Waals surface area contributed by atoms with E-state index in [0.717, 1.165) is 0 Å². The largest absolute Gasteiger partial charge is 0.491 e.